The SMILES string of the molecule is COc1ccc(N(CC(=O)Nc2cccc(Br)c2)S(C)(=O)=O)cc1. The molecule has 128 valence electrons. The van der Waals surface area contributed by atoms with Crippen molar-refractivity contribution in [2.45, 2.75) is 0 Å². The highest BCUT2D eigenvalue weighted by Crippen LogP contribution is 2.22. The molecule has 2 aromatic carbocycles. The summed E-state index contributed by atoms with van der Waals surface area (Å²) in [6.45, 7) is -0.322. The molecule has 1 N–H and O–H groups in total. The number of ether oxygens (including phenoxy) is 1. The van der Waals surface area contributed by atoms with Crippen LogP contribution < -0.4 is 14.4 Å². The normalized spacial score (nSPS) is 11.0. The zero-order chi connectivity index (χ0) is 17.7. The number of hydrogen-bond donors (Lipinski definition) is 1. The van der Waals surface area contributed by atoms with Gasteiger partial charge in [-0.3, -0.25) is 9.10 Å². The van der Waals surface area contributed by atoms with Gasteiger partial charge >= 0.3 is 0 Å². The average Bonchev–Trinajstić information content (AvgIpc) is 2.52. The predicted octanol–water partition coefficient (Wildman–Crippen LogP) is 2.86. The Bertz CT molecular complexity index is 822. The van der Waals surface area contributed by atoms with Crippen molar-refractivity contribution in [1.82, 2.24) is 0 Å². The van der Waals surface area contributed by atoms with Crippen LogP contribution in [0, 0.1) is 0 Å². The van der Waals surface area contributed by atoms with Gasteiger partial charge in [-0.25, -0.2) is 8.42 Å². The number of sulfonamides is 1. The molecule has 0 aliphatic carbocycles. The van der Waals surface area contributed by atoms with E-state index in [4.69, 9.17) is 4.74 Å². The first-order chi connectivity index (χ1) is 11.3. The second-order valence-electron chi connectivity index (χ2n) is 5.03. The number of anilines is 2. The Hall–Kier alpha value is -2.06. The number of hydrogen-bond acceptors (Lipinski definition) is 4. The molecule has 8 heteroatoms. The first-order valence-corrected chi connectivity index (χ1v) is 9.61. The maximum Gasteiger partial charge on any atom is 0.245 e. The van der Waals surface area contributed by atoms with Crippen molar-refractivity contribution >= 4 is 43.2 Å². The average molecular weight is 413 g/mol. The van der Waals surface area contributed by atoms with Gasteiger partial charge in [0.15, 0.2) is 0 Å². The lowest BCUT2D eigenvalue weighted by Crippen LogP contribution is -2.37. The van der Waals surface area contributed by atoms with Crippen molar-refractivity contribution in [2.24, 2.45) is 0 Å². The Labute approximate surface area is 149 Å². The highest BCUT2D eigenvalue weighted by Gasteiger charge is 2.21. The molecule has 0 atom stereocenters. The molecule has 0 aromatic heterocycles. The number of amides is 1. The summed E-state index contributed by atoms with van der Waals surface area (Å²) in [5, 5.41) is 2.68. The van der Waals surface area contributed by atoms with Crippen LogP contribution in [0.3, 0.4) is 0 Å². The number of rotatable bonds is 6. The quantitative estimate of drug-likeness (QED) is 0.791. The highest BCUT2D eigenvalue weighted by atomic mass is 79.9. The molecule has 0 spiro atoms. The van der Waals surface area contributed by atoms with Gasteiger partial charge in [0.25, 0.3) is 0 Å². The van der Waals surface area contributed by atoms with E-state index in [-0.39, 0.29) is 6.54 Å². The van der Waals surface area contributed by atoms with Crippen LogP contribution in [-0.4, -0.2) is 34.2 Å². The highest BCUT2D eigenvalue weighted by molar-refractivity contribution is 9.10. The van der Waals surface area contributed by atoms with E-state index in [2.05, 4.69) is 21.2 Å². The molecule has 0 aliphatic heterocycles. The lowest BCUT2D eigenvalue weighted by Gasteiger charge is -2.22. The maximum atomic E-state index is 12.2. The van der Waals surface area contributed by atoms with Crippen molar-refractivity contribution in [3.8, 4) is 5.75 Å². The minimum absolute atomic E-state index is 0.322. The molecule has 0 saturated heterocycles. The first-order valence-electron chi connectivity index (χ1n) is 6.97. The van der Waals surface area contributed by atoms with E-state index in [1.54, 1.807) is 42.5 Å². The van der Waals surface area contributed by atoms with Crippen LogP contribution in [0.4, 0.5) is 11.4 Å². The van der Waals surface area contributed by atoms with E-state index in [1.807, 2.05) is 6.07 Å². The summed E-state index contributed by atoms with van der Waals surface area (Å²) in [5.41, 5.74) is 0.972. The molecular formula is C16H17BrN2O4S. The lowest BCUT2D eigenvalue weighted by atomic mass is 10.3. The second kappa shape index (κ2) is 7.67. The van der Waals surface area contributed by atoms with Gasteiger partial charge in [-0.2, -0.15) is 0 Å². The Kier molecular flexibility index (Phi) is 5.84. The molecule has 0 heterocycles. The van der Waals surface area contributed by atoms with Gasteiger partial charge in [0.05, 0.1) is 19.1 Å². The molecule has 1 amide bonds. The smallest absolute Gasteiger partial charge is 0.245 e. The summed E-state index contributed by atoms with van der Waals surface area (Å²) in [6.07, 6.45) is 1.06. The largest absolute Gasteiger partial charge is 0.497 e. The van der Waals surface area contributed by atoms with Crippen molar-refractivity contribution in [1.29, 1.82) is 0 Å². The first kappa shape index (κ1) is 18.3. The molecular weight excluding hydrogens is 396 g/mol. The third-order valence-electron chi connectivity index (χ3n) is 3.16. The lowest BCUT2D eigenvalue weighted by molar-refractivity contribution is -0.114. The third-order valence-corrected chi connectivity index (χ3v) is 4.79. The molecule has 2 rings (SSSR count). The molecule has 0 unspecified atom stereocenters. The van der Waals surface area contributed by atoms with Crippen LogP contribution in [0.2, 0.25) is 0 Å². The number of halogens is 1. The van der Waals surface area contributed by atoms with Crippen LogP contribution in [-0.2, 0) is 14.8 Å². The third kappa shape index (κ3) is 4.97. The topological polar surface area (TPSA) is 75.7 Å². The van der Waals surface area contributed by atoms with Gasteiger partial charge in [-0.05, 0) is 42.5 Å². The number of nitrogens with one attached hydrogen (secondary N) is 1. The van der Waals surface area contributed by atoms with Gasteiger partial charge in [0, 0.05) is 10.2 Å². The molecule has 0 aliphatic rings. The fourth-order valence-corrected chi connectivity index (χ4v) is 3.30. The predicted molar refractivity (Wildman–Crippen MR) is 98.0 cm³/mol. The summed E-state index contributed by atoms with van der Waals surface area (Å²) in [7, 11) is -2.09. The standard InChI is InChI=1S/C16H17BrN2O4S/c1-23-15-8-6-14(7-9-15)19(24(2,21)22)11-16(20)18-13-5-3-4-12(17)10-13/h3-10H,11H2,1-2H3,(H,18,20). The van der Waals surface area contributed by atoms with E-state index in [0.29, 0.717) is 17.1 Å². The van der Waals surface area contributed by atoms with E-state index in [9.17, 15) is 13.2 Å². The van der Waals surface area contributed by atoms with Crippen molar-refractivity contribution in [3.63, 3.8) is 0 Å². The maximum absolute atomic E-state index is 12.2. The molecule has 0 fully saturated rings. The summed E-state index contributed by atoms with van der Waals surface area (Å²) in [5.74, 6) is 0.167. The minimum atomic E-state index is -3.61. The van der Waals surface area contributed by atoms with Gasteiger partial charge in [0.1, 0.15) is 12.3 Å². The number of methoxy groups -OCH3 is 1. The Morgan fingerprint density at radius 1 is 1.21 bits per heavy atom. The van der Waals surface area contributed by atoms with Crippen LogP contribution in [0.5, 0.6) is 5.75 Å². The second-order valence-corrected chi connectivity index (χ2v) is 7.85. The number of carbonyl (C=O) groups is 1. The van der Waals surface area contributed by atoms with Crippen molar-refractivity contribution < 1.29 is 17.9 Å². The van der Waals surface area contributed by atoms with Crippen LogP contribution in [0.15, 0.2) is 53.0 Å². The fourth-order valence-electron chi connectivity index (χ4n) is 2.05. The molecule has 0 saturated carbocycles. The van der Waals surface area contributed by atoms with E-state index in [0.717, 1.165) is 15.0 Å². The van der Waals surface area contributed by atoms with Crippen LogP contribution >= 0.6 is 15.9 Å². The monoisotopic (exact) mass is 412 g/mol. The van der Waals surface area contributed by atoms with Gasteiger partial charge < -0.3 is 10.1 Å². The van der Waals surface area contributed by atoms with Gasteiger partial charge in [-0.1, -0.05) is 22.0 Å². The van der Waals surface area contributed by atoms with Crippen LogP contribution in [0.1, 0.15) is 0 Å². The van der Waals surface area contributed by atoms with Crippen molar-refractivity contribution in [2.75, 3.05) is 29.5 Å². The zero-order valence-electron chi connectivity index (χ0n) is 13.2. The van der Waals surface area contributed by atoms with Gasteiger partial charge in [0.2, 0.25) is 15.9 Å². The molecule has 24 heavy (non-hydrogen) atoms. The summed E-state index contributed by atoms with van der Waals surface area (Å²) in [6, 6.07) is 13.5. The summed E-state index contributed by atoms with van der Waals surface area (Å²) in [4.78, 5) is 12.2. The molecule has 2 aromatic rings. The summed E-state index contributed by atoms with van der Waals surface area (Å²) >= 11 is 3.32. The Morgan fingerprint density at radius 3 is 2.42 bits per heavy atom. The number of benzene rings is 2. The number of nitrogens with zero attached hydrogens (tertiary/aromatic N) is 1. The fraction of sp³-hybridized carbons (Fsp3) is 0.188. The number of carbonyl (C=O) groups excluding carboxylic acids is 1. The molecule has 6 nitrogen and oxygen atoms in total. The summed E-state index contributed by atoms with van der Waals surface area (Å²) < 4.78 is 31.0. The molecule has 0 radical (unpaired) electrons. The molecule has 0 bridgehead atoms. The van der Waals surface area contributed by atoms with Crippen LogP contribution in [0.25, 0.3) is 0 Å². The van der Waals surface area contributed by atoms with Gasteiger partial charge in [-0.15, -0.1) is 0 Å². The van der Waals surface area contributed by atoms with E-state index in [1.165, 1.54) is 7.11 Å². The van der Waals surface area contributed by atoms with E-state index >= 15 is 0 Å². The minimum Gasteiger partial charge on any atom is -0.497 e. The zero-order valence-corrected chi connectivity index (χ0v) is 15.6. The van der Waals surface area contributed by atoms with E-state index < -0.39 is 15.9 Å². The Balaban J connectivity index is 2.18. The Morgan fingerprint density at radius 2 is 1.88 bits per heavy atom. The van der Waals surface area contributed by atoms with Crippen molar-refractivity contribution in [3.05, 3.63) is 53.0 Å².